The molecule has 0 N–H and O–H groups in total. The summed E-state index contributed by atoms with van der Waals surface area (Å²) in [6.07, 6.45) is 0.812. The molecule has 0 aliphatic heterocycles. The van der Waals surface area contributed by atoms with E-state index in [1.54, 1.807) is 18.2 Å². The van der Waals surface area contributed by atoms with Gasteiger partial charge in [-0.05, 0) is 36.4 Å². The van der Waals surface area contributed by atoms with Crippen LogP contribution in [0.15, 0.2) is 36.4 Å². The van der Waals surface area contributed by atoms with E-state index in [-0.39, 0.29) is 5.82 Å². The predicted octanol–water partition coefficient (Wildman–Crippen LogP) is 3.28. The number of ether oxygens (including phenoxy) is 1. The number of benzene rings is 1. The van der Waals surface area contributed by atoms with Crippen molar-refractivity contribution in [3.63, 3.8) is 0 Å². The maximum atomic E-state index is 12.6. The normalized spacial score (nSPS) is 10.1. The lowest BCUT2D eigenvalue weighted by Gasteiger charge is -2.03. The van der Waals surface area contributed by atoms with Crippen LogP contribution in [0.4, 0.5) is 4.39 Å². The van der Waals surface area contributed by atoms with Crippen LogP contribution in [0.3, 0.4) is 0 Å². The van der Waals surface area contributed by atoms with Gasteiger partial charge in [-0.3, -0.25) is 4.79 Å². The number of carbonyl (C=O) groups excluding carboxylic acids is 1. The molecule has 0 spiro atoms. The molecule has 2 aromatic rings. The standard InChI is InChI=1S/C12H9FO2S/c13-9-1-3-10(4-2-9)15-8-12-6-5-11(7-14)16-12/h1-7H,8H2. The summed E-state index contributed by atoms with van der Waals surface area (Å²) in [5, 5.41) is 0. The fourth-order valence-corrected chi connectivity index (χ4v) is 1.96. The Morgan fingerprint density at radius 2 is 1.94 bits per heavy atom. The van der Waals surface area contributed by atoms with Crippen molar-refractivity contribution in [3.8, 4) is 5.75 Å². The molecule has 1 aromatic carbocycles. The Balaban J connectivity index is 1.96. The summed E-state index contributed by atoms with van der Waals surface area (Å²) >= 11 is 1.39. The molecule has 0 bridgehead atoms. The van der Waals surface area contributed by atoms with Gasteiger partial charge in [-0.25, -0.2) is 4.39 Å². The van der Waals surface area contributed by atoms with Crippen LogP contribution in [0.5, 0.6) is 5.75 Å². The number of aldehydes is 1. The van der Waals surface area contributed by atoms with Gasteiger partial charge in [0.25, 0.3) is 0 Å². The molecule has 0 aliphatic rings. The fraction of sp³-hybridized carbons (Fsp3) is 0.0833. The van der Waals surface area contributed by atoms with Crippen molar-refractivity contribution in [1.29, 1.82) is 0 Å². The summed E-state index contributed by atoms with van der Waals surface area (Å²) in [5.41, 5.74) is 0. The largest absolute Gasteiger partial charge is 0.488 e. The summed E-state index contributed by atoms with van der Waals surface area (Å²) < 4.78 is 18.0. The first-order chi connectivity index (χ1) is 7.78. The highest BCUT2D eigenvalue weighted by molar-refractivity contribution is 7.13. The van der Waals surface area contributed by atoms with Crippen LogP contribution < -0.4 is 4.74 Å². The van der Waals surface area contributed by atoms with E-state index in [9.17, 15) is 9.18 Å². The smallest absolute Gasteiger partial charge is 0.160 e. The molecule has 4 heteroatoms. The molecule has 0 unspecified atom stereocenters. The Bertz CT molecular complexity index is 476. The van der Waals surface area contributed by atoms with Gasteiger partial charge in [-0.1, -0.05) is 0 Å². The van der Waals surface area contributed by atoms with Gasteiger partial charge in [0.05, 0.1) is 4.88 Å². The van der Waals surface area contributed by atoms with Gasteiger partial charge < -0.3 is 4.74 Å². The van der Waals surface area contributed by atoms with Crippen LogP contribution in [0.2, 0.25) is 0 Å². The van der Waals surface area contributed by atoms with Crippen molar-refractivity contribution in [3.05, 3.63) is 52.0 Å². The van der Waals surface area contributed by atoms with E-state index < -0.39 is 0 Å². The van der Waals surface area contributed by atoms with Crippen LogP contribution in [-0.2, 0) is 6.61 Å². The molecular formula is C12H9FO2S. The Hall–Kier alpha value is -1.68. The molecule has 0 saturated carbocycles. The van der Waals surface area contributed by atoms with Crippen LogP contribution in [0.1, 0.15) is 14.5 Å². The lowest BCUT2D eigenvalue weighted by molar-refractivity contribution is 0.112. The lowest BCUT2D eigenvalue weighted by Crippen LogP contribution is -1.92. The van der Waals surface area contributed by atoms with E-state index in [0.29, 0.717) is 17.2 Å². The zero-order chi connectivity index (χ0) is 11.4. The molecule has 0 fully saturated rings. The first kappa shape index (κ1) is 10.8. The van der Waals surface area contributed by atoms with Gasteiger partial charge in [0.1, 0.15) is 18.2 Å². The molecular weight excluding hydrogens is 227 g/mol. The zero-order valence-corrected chi connectivity index (χ0v) is 9.17. The van der Waals surface area contributed by atoms with Crippen molar-refractivity contribution < 1.29 is 13.9 Å². The van der Waals surface area contributed by atoms with Crippen molar-refractivity contribution in [1.82, 2.24) is 0 Å². The number of thiophene rings is 1. The van der Waals surface area contributed by atoms with E-state index in [1.165, 1.54) is 23.5 Å². The molecule has 16 heavy (non-hydrogen) atoms. The first-order valence-electron chi connectivity index (χ1n) is 4.70. The predicted molar refractivity (Wildman–Crippen MR) is 60.4 cm³/mol. The van der Waals surface area contributed by atoms with Gasteiger partial charge in [-0.15, -0.1) is 11.3 Å². The van der Waals surface area contributed by atoms with Crippen LogP contribution in [0.25, 0.3) is 0 Å². The molecule has 1 heterocycles. The lowest BCUT2D eigenvalue weighted by atomic mass is 10.3. The highest BCUT2D eigenvalue weighted by Crippen LogP contribution is 2.18. The van der Waals surface area contributed by atoms with E-state index in [1.807, 2.05) is 6.07 Å². The van der Waals surface area contributed by atoms with Gasteiger partial charge in [-0.2, -0.15) is 0 Å². The van der Waals surface area contributed by atoms with Gasteiger partial charge in [0.2, 0.25) is 0 Å². The Morgan fingerprint density at radius 1 is 1.19 bits per heavy atom. The summed E-state index contributed by atoms with van der Waals surface area (Å²) in [6.45, 7) is 0.393. The van der Waals surface area contributed by atoms with Crippen molar-refractivity contribution in [2.24, 2.45) is 0 Å². The molecule has 1 aromatic heterocycles. The average molecular weight is 236 g/mol. The fourth-order valence-electron chi connectivity index (χ4n) is 1.22. The van der Waals surface area contributed by atoms with E-state index in [2.05, 4.69) is 0 Å². The van der Waals surface area contributed by atoms with Gasteiger partial charge >= 0.3 is 0 Å². The van der Waals surface area contributed by atoms with Crippen LogP contribution in [-0.4, -0.2) is 6.29 Å². The van der Waals surface area contributed by atoms with Gasteiger partial charge in [0, 0.05) is 4.88 Å². The molecule has 2 nitrogen and oxygen atoms in total. The number of hydrogen-bond acceptors (Lipinski definition) is 3. The zero-order valence-electron chi connectivity index (χ0n) is 8.35. The van der Waals surface area contributed by atoms with Gasteiger partial charge in [0.15, 0.2) is 6.29 Å². The quantitative estimate of drug-likeness (QED) is 0.761. The number of carbonyl (C=O) groups is 1. The SMILES string of the molecule is O=Cc1ccc(COc2ccc(F)cc2)s1. The molecule has 0 saturated heterocycles. The van der Waals surface area contributed by atoms with Crippen molar-refractivity contribution >= 4 is 17.6 Å². The van der Waals surface area contributed by atoms with E-state index >= 15 is 0 Å². The second-order valence-corrected chi connectivity index (χ2v) is 4.36. The Morgan fingerprint density at radius 3 is 2.56 bits per heavy atom. The third-order valence-corrected chi connectivity index (χ3v) is 2.98. The minimum Gasteiger partial charge on any atom is -0.488 e. The summed E-state index contributed by atoms with van der Waals surface area (Å²) in [6, 6.07) is 9.44. The summed E-state index contributed by atoms with van der Waals surface area (Å²) in [7, 11) is 0. The summed E-state index contributed by atoms with van der Waals surface area (Å²) in [4.78, 5) is 12.1. The topological polar surface area (TPSA) is 26.3 Å². The molecule has 0 amide bonds. The summed E-state index contributed by atoms with van der Waals surface area (Å²) in [5.74, 6) is 0.328. The number of rotatable bonds is 4. The Kier molecular flexibility index (Phi) is 3.31. The molecule has 0 atom stereocenters. The van der Waals surface area contributed by atoms with Crippen LogP contribution >= 0.6 is 11.3 Å². The maximum Gasteiger partial charge on any atom is 0.160 e. The third kappa shape index (κ3) is 2.67. The average Bonchev–Trinajstić information content (AvgIpc) is 2.76. The highest BCUT2D eigenvalue weighted by Gasteiger charge is 2.00. The van der Waals surface area contributed by atoms with Crippen molar-refractivity contribution in [2.45, 2.75) is 6.61 Å². The van der Waals surface area contributed by atoms with E-state index in [4.69, 9.17) is 4.74 Å². The molecule has 82 valence electrons. The molecule has 0 aliphatic carbocycles. The minimum absolute atomic E-state index is 0.285. The number of hydrogen-bond donors (Lipinski definition) is 0. The van der Waals surface area contributed by atoms with E-state index in [0.717, 1.165) is 11.2 Å². The second kappa shape index (κ2) is 4.90. The Labute approximate surface area is 96.3 Å². The monoisotopic (exact) mass is 236 g/mol. The van der Waals surface area contributed by atoms with Crippen LogP contribution in [0, 0.1) is 5.82 Å². The minimum atomic E-state index is -0.285. The second-order valence-electron chi connectivity index (χ2n) is 3.16. The molecule has 0 radical (unpaired) electrons. The first-order valence-corrected chi connectivity index (χ1v) is 5.52. The van der Waals surface area contributed by atoms with Crippen molar-refractivity contribution in [2.75, 3.05) is 0 Å². The third-order valence-electron chi connectivity index (χ3n) is 1.99. The molecule has 2 rings (SSSR count). The number of halogens is 1. The highest BCUT2D eigenvalue weighted by atomic mass is 32.1. The maximum absolute atomic E-state index is 12.6.